The van der Waals surface area contributed by atoms with E-state index >= 15 is 0 Å². The van der Waals surface area contributed by atoms with Gasteiger partial charge < -0.3 is 4.74 Å². The topological polar surface area (TPSA) is 32.7 Å². The number of ether oxygens (including phenoxy) is 1. The van der Waals surface area contributed by atoms with E-state index in [1.54, 1.807) is 18.4 Å². The van der Waals surface area contributed by atoms with Gasteiger partial charge in [-0.1, -0.05) is 60.7 Å². The molecule has 0 fully saturated rings. The van der Waals surface area contributed by atoms with E-state index in [0.29, 0.717) is 6.61 Å². The Balaban J connectivity index is 1.65. The van der Waals surface area contributed by atoms with Crippen LogP contribution in [0.15, 0.2) is 90.3 Å². The highest BCUT2D eigenvalue weighted by Gasteiger charge is 2.14. The zero-order valence-electron chi connectivity index (χ0n) is 15.6. The second kappa shape index (κ2) is 8.30. The van der Waals surface area contributed by atoms with Gasteiger partial charge in [-0.2, -0.15) is 0 Å². The van der Waals surface area contributed by atoms with E-state index < -0.39 is 0 Å². The molecular weight excluding hydrogens is 366 g/mol. The van der Waals surface area contributed by atoms with Gasteiger partial charge in [0.2, 0.25) is 0 Å². The Morgan fingerprint density at radius 1 is 0.821 bits per heavy atom. The third-order valence-corrected chi connectivity index (χ3v) is 5.55. The van der Waals surface area contributed by atoms with Crippen LogP contribution >= 0.6 is 11.3 Å². The predicted molar refractivity (Wildman–Crippen MR) is 116 cm³/mol. The van der Waals surface area contributed by atoms with Crippen molar-refractivity contribution in [1.29, 1.82) is 0 Å². The minimum absolute atomic E-state index is 0.537. The Kier molecular flexibility index (Phi) is 5.42. The molecule has 0 bridgehead atoms. The van der Waals surface area contributed by atoms with Gasteiger partial charge in [0.05, 0.1) is 5.69 Å². The Hall–Kier alpha value is -3.08. The first-order chi connectivity index (χ1) is 13.7. The van der Waals surface area contributed by atoms with Gasteiger partial charge in [-0.25, -0.2) is 0 Å². The average molecular weight is 388 g/mol. The lowest BCUT2D eigenvalue weighted by atomic mass is 10.0. The van der Waals surface area contributed by atoms with Crippen LogP contribution in [0.25, 0.3) is 21.6 Å². The average Bonchev–Trinajstić information content (AvgIpc) is 3.23. The van der Waals surface area contributed by atoms with E-state index in [4.69, 9.17) is 4.74 Å². The first-order valence-corrected chi connectivity index (χ1v) is 9.97. The molecule has 0 saturated carbocycles. The molecule has 28 heavy (non-hydrogen) atoms. The lowest BCUT2D eigenvalue weighted by Gasteiger charge is -2.13. The predicted octanol–water partition coefficient (Wildman–Crippen LogP) is 6.49. The minimum atomic E-state index is 0.537. The van der Waals surface area contributed by atoms with Crippen molar-refractivity contribution in [3.63, 3.8) is 0 Å². The van der Waals surface area contributed by atoms with E-state index in [9.17, 15) is 5.21 Å². The first-order valence-electron chi connectivity index (χ1n) is 9.09. The van der Waals surface area contributed by atoms with Crippen molar-refractivity contribution in [2.24, 2.45) is 0 Å². The molecule has 1 N–H and O–H groups in total. The van der Waals surface area contributed by atoms with Crippen molar-refractivity contribution in [2.75, 3.05) is 12.1 Å². The molecule has 0 aliphatic rings. The molecule has 1 aromatic heterocycles. The summed E-state index contributed by atoms with van der Waals surface area (Å²) in [5, 5.41) is 12.8. The van der Waals surface area contributed by atoms with Crippen LogP contribution in [0.1, 0.15) is 5.56 Å². The highest BCUT2D eigenvalue weighted by Crippen LogP contribution is 2.41. The minimum Gasteiger partial charge on any atom is -0.488 e. The summed E-state index contributed by atoms with van der Waals surface area (Å²) in [5.41, 5.74) is 5.25. The molecule has 140 valence electrons. The molecule has 0 radical (unpaired) electrons. The number of hydrogen-bond donors (Lipinski definition) is 1. The molecule has 0 saturated heterocycles. The van der Waals surface area contributed by atoms with E-state index in [-0.39, 0.29) is 0 Å². The normalized spacial score (nSPS) is 10.6. The Labute approximate surface area is 169 Å². The van der Waals surface area contributed by atoms with Crippen molar-refractivity contribution < 1.29 is 9.94 Å². The summed E-state index contributed by atoms with van der Waals surface area (Å²) in [7, 11) is 1.62. The molecule has 3 aromatic carbocycles. The molecule has 0 aliphatic carbocycles. The van der Waals surface area contributed by atoms with Crippen LogP contribution in [0, 0.1) is 0 Å². The van der Waals surface area contributed by atoms with E-state index in [0.717, 1.165) is 38.8 Å². The molecule has 0 atom stereocenters. The van der Waals surface area contributed by atoms with Crippen LogP contribution in [0.2, 0.25) is 0 Å². The summed E-state index contributed by atoms with van der Waals surface area (Å²) in [4.78, 5) is 1.18. The number of anilines is 1. The number of nitrogens with zero attached hydrogens (tertiary/aromatic N) is 1. The lowest BCUT2D eigenvalue weighted by Crippen LogP contribution is -2.09. The van der Waals surface area contributed by atoms with Gasteiger partial charge in [-0.05, 0) is 40.8 Å². The summed E-state index contributed by atoms with van der Waals surface area (Å²) < 4.78 is 6.15. The standard InChI is InChI=1S/C24H21NO2S/c1-25(26)20-13-11-19(12-14-20)24-22(15-16-28-24)21-9-5-6-10-23(21)27-17-18-7-3-2-4-8-18/h2-16,26H,17H2,1H3. The smallest absolute Gasteiger partial charge is 0.127 e. The van der Waals surface area contributed by atoms with Gasteiger partial charge in [0.1, 0.15) is 12.4 Å². The van der Waals surface area contributed by atoms with Crippen molar-refractivity contribution in [1.82, 2.24) is 0 Å². The molecule has 0 aliphatic heterocycles. The van der Waals surface area contributed by atoms with Gasteiger partial charge in [-0.3, -0.25) is 10.3 Å². The second-order valence-corrected chi connectivity index (χ2v) is 7.42. The Morgan fingerprint density at radius 3 is 2.29 bits per heavy atom. The number of thiophene rings is 1. The molecule has 4 rings (SSSR count). The number of benzene rings is 3. The SMILES string of the molecule is CN(O)c1ccc(-c2sccc2-c2ccccc2OCc2ccccc2)cc1. The van der Waals surface area contributed by atoms with Crippen molar-refractivity contribution in [2.45, 2.75) is 6.61 Å². The molecule has 4 heteroatoms. The lowest BCUT2D eigenvalue weighted by molar-refractivity contribution is 0.279. The van der Waals surface area contributed by atoms with Crippen LogP contribution in [0.3, 0.4) is 0 Å². The number of rotatable bonds is 6. The van der Waals surface area contributed by atoms with Crippen LogP contribution in [0.4, 0.5) is 5.69 Å². The van der Waals surface area contributed by atoms with Gasteiger partial charge in [0, 0.05) is 23.1 Å². The van der Waals surface area contributed by atoms with Crippen LogP contribution < -0.4 is 9.80 Å². The maximum absolute atomic E-state index is 9.59. The highest BCUT2D eigenvalue weighted by atomic mass is 32.1. The fourth-order valence-corrected chi connectivity index (χ4v) is 4.04. The summed E-state index contributed by atoms with van der Waals surface area (Å²) in [6, 6.07) is 28.4. The number of para-hydroxylation sites is 1. The van der Waals surface area contributed by atoms with Gasteiger partial charge in [-0.15, -0.1) is 11.3 Å². The maximum Gasteiger partial charge on any atom is 0.127 e. The zero-order valence-corrected chi connectivity index (χ0v) is 16.4. The molecule has 0 unspecified atom stereocenters. The van der Waals surface area contributed by atoms with Crippen molar-refractivity contribution >= 4 is 17.0 Å². The van der Waals surface area contributed by atoms with Crippen LogP contribution in [-0.4, -0.2) is 12.3 Å². The Bertz CT molecular complexity index is 1040. The fraction of sp³-hybridized carbons (Fsp3) is 0.0833. The van der Waals surface area contributed by atoms with Crippen LogP contribution in [-0.2, 0) is 6.61 Å². The summed E-state index contributed by atoms with van der Waals surface area (Å²) in [6.45, 7) is 0.537. The summed E-state index contributed by atoms with van der Waals surface area (Å²) in [5.74, 6) is 0.873. The summed E-state index contributed by atoms with van der Waals surface area (Å²) >= 11 is 1.70. The van der Waals surface area contributed by atoms with Gasteiger partial charge >= 0.3 is 0 Å². The fourth-order valence-electron chi connectivity index (χ4n) is 3.12. The van der Waals surface area contributed by atoms with Gasteiger partial charge in [0.25, 0.3) is 0 Å². The quantitative estimate of drug-likeness (QED) is 0.384. The van der Waals surface area contributed by atoms with E-state index in [1.807, 2.05) is 60.7 Å². The van der Waals surface area contributed by atoms with Crippen molar-refractivity contribution in [3.8, 4) is 27.3 Å². The molecule has 0 amide bonds. The largest absolute Gasteiger partial charge is 0.488 e. The third kappa shape index (κ3) is 3.93. The van der Waals surface area contributed by atoms with Gasteiger partial charge in [0.15, 0.2) is 0 Å². The van der Waals surface area contributed by atoms with Crippen LogP contribution in [0.5, 0.6) is 5.75 Å². The molecular formula is C24H21NO2S. The maximum atomic E-state index is 9.59. The Morgan fingerprint density at radius 2 is 1.54 bits per heavy atom. The number of hydroxylamine groups is 1. The molecule has 3 nitrogen and oxygen atoms in total. The molecule has 1 heterocycles. The highest BCUT2D eigenvalue weighted by molar-refractivity contribution is 7.14. The van der Waals surface area contributed by atoms with E-state index in [1.165, 1.54) is 4.88 Å². The first kappa shape index (κ1) is 18.3. The van der Waals surface area contributed by atoms with Crippen molar-refractivity contribution in [3.05, 3.63) is 95.9 Å². The second-order valence-electron chi connectivity index (χ2n) is 6.50. The summed E-state index contributed by atoms with van der Waals surface area (Å²) in [6.07, 6.45) is 0. The zero-order chi connectivity index (χ0) is 19.3. The third-order valence-electron chi connectivity index (χ3n) is 4.58. The number of hydrogen-bond acceptors (Lipinski definition) is 4. The monoisotopic (exact) mass is 387 g/mol. The van der Waals surface area contributed by atoms with E-state index in [2.05, 4.69) is 29.6 Å². The molecule has 0 spiro atoms. The molecule has 4 aromatic rings.